The molecule has 0 aliphatic heterocycles. The van der Waals surface area contributed by atoms with Crippen molar-refractivity contribution in [3.8, 4) is 0 Å². The van der Waals surface area contributed by atoms with Crippen LogP contribution < -0.4 is 10.6 Å². The Morgan fingerprint density at radius 1 is 0.926 bits per heavy atom. The van der Waals surface area contributed by atoms with E-state index in [9.17, 15) is 9.59 Å². The maximum Gasteiger partial charge on any atom is 0.239 e. The predicted octanol–water partition coefficient (Wildman–Crippen LogP) is 4.03. The van der Waals surface area contributed by atoms with E-state index in [-0.39, 0.29) is 30.8 Å². The highest BCUT2D eigenvalue weighted by molar-refractivity contribution is 6.30. The molecule has 1 unspecified atom stereocenters. The SMILES string of the molecule is CC(NC(=O)CNC(=O)Cc1cccc2ccccc12)c1ccc(Cl)cc1. The Labute approximate surface area is 163 Å². The van der Waals surface area contributed by atoms with E-state index < -0.39 is 0 Å². The number of nitrogens with one attached hydrogen (secondary N) is 2. The number of hydrogen-bond acceptors (Lipinski definition) is 2. The Bertz CT molecular complexity index is 949. The van der Waals surface area contributed by atoms with Crippen LogP contribution in [0, 0.1) is 0 Å². The molecule has 0 aliphatic carbocycles. The highest BCUT2D eigenvalue weighted by Gasteiger charge is 2.12. The Balaban J connectivity index is 1.52. The Kier molecular flexibility index (Phi) is 6.09. The lowest BCUT2D eigenvalue weighted by atomic mass is 10.0. The van der Waals surface area contributed by atoms with Gasteiger partial charge in [-0.15, -0.1) is 0 Å². The molecular formula is C22H21ClN2O2. The second kappa shape index (κ2) is 8.69. The summed E-state index contributed by atoms with van der Waals surface area (Å²) in [6.45, 7) is 1.83. The van der Waals surface area contributed by atoms with Crippen LogP contribution in [0.5, 0.6) is 0 Å². The molecule has 0 saturated carbocycles. The van der Waals surface area contributed by atoms with Gasteiger partial charge in [0.05, 0.1) is 19.0 Å². The number of hydrogen-bond donors (Lipinski definition) is 2. The molecule has 27 heavy (non-hydrogen) atoms. The van der Waals surface area contributed by atoms with Crippen molar-refractivity contribution in [2.75, 3.05) is 6.54 Å². The highest BCUT2D eigenvalue weighted by Crippen LogP contribution is 2.19. The minimum Gasteiger partial charge on any atom is -0.348 e. The first kappa shape index (κ1) is 18.9. The summed E-state index contributed by atoms with van der Waals surface area (Å²) >= 11 is 5.87. The molecule has 0 spiro atoms. The summed E-state index contributed by atoms with van der Waals surface area (Å²) in [6.07, 6.45) is 0.237. The lowest BCUT2D eigenvalue weighted by Gasteiger charge is -2.15. The zero-order valence-corrected chi connectivity index (χ0v) is 15.8. The second-order valence-corrected chi connectivity index (χ2v) is 6.87. The van der Waals surface area contributed by atoms with Crippen LogP contribution in [0.15, 0.2) is 66.7 Å². The normalized spacial score (nSPS) is 11.8. The van der Waals surface area contributed by atoms with Crippen LogP contribution in [-0.2, 0) is 16.0 Å². The molecule has 0 aromatic heterocycles. The first-order valence-corrected chi connectivity index (χ1v) is 9.19. The molecule has 5 heteroatoms. The molecule has 138 valence electrons. The molecule has 0 heterocycles. The van der Waals surface area contributed by atoms with Gasteiger partial charge in [-0.25, -0.2) is 0 Å². The molecule has 2 amide bonds. The fourth-order valence-corrected chi connectivity index (χ4v) is 3.11. The van der Waals surface area contributed by atoms with Crippen molar-refractivity contribution in [2.24, 2.45) is 0 Å². The quantitative estimate of drug-likeness (QED) is 0.678. The summed E-state index contributed by atoms with van der Waals surface area (Å²) < 4.78 is 0. The first-order chi connectivity index (χ1) is 13.0. The monoisotopic (exact) mass is 380 g/mol. The van der Waals surface area contributed by atoms with Gasteiger partial charge in [0, 0.05) is 5.02 Å². The summed E-state index contributed by atoms with van der Waals surface area (Å²) in [5.74, 6) is -0.413. The smallest absolute Gasteiger partial charge is 0.239 e. The molecule has 0 aliphatic rings. The van der Waals surface area contributed by atoms with Gasteiger partial charge in [-0.05, 0) is 41.0 Å². The minimum absolute atomic E-state index is 0.0540. The second-order valence-electron chi connectivity index (χ2n) is 6.43. The number of amides is 2. The number of benzene rings is 3. The third-order valence-electron chi connectivity index (χ3n) is 4.42. The molecule has 4 nitrogen and oxygen atoms in total. The molecule has 0 fully saturated rings. The Morgan fingerprint density at radius 2 is 1.63 bits per heavy atom. The number of carbonyl (C=O) groups is 2. The van der Waals surface area contributed by atoms with E-state index in [4.69, 9.17) is 11.6 Å². The van der Waals surface area contributed by atoms with Crippen molar-refractivity contribution in [2.45, 2.75) is 19.4 Å². The molecule has 0 bridgehead atoms. The van der Waals surface area contributed by atoms with Crippen molar-refractivity contribution in [1.29, 1.82) is 0 Å². The van der Waals surface area contributed by atoms with Crippen molar-refractivity contribution in [3.05, 3.63) is 82.9 Å². The summed E-state index contributed by atoms with van der Waals surface area (Å²) in [4.78, 5) is 24.4. The third-order valence-corrected chi connectivity index (χ3v) is 4.68. The fourth-order valence-electron chi connectivity index (χ4n) is 2.99. The molecule has 3 rings (SSSR count). The zero-order valence-electron chi connectivity index (χ0n) is 15.0. The summed E-state index contributed by atoms with van der Waals surface area (Å²) in [7, 11) is 0. The molecule has 0 radical (unpaired) electrons. The van der Waals surface area contributed by atoms with Gasteiger partial charge in [-0.1, -0.05) is 66.2 Å². The largest absolute Gasteiger partial charge is 0.348 e. The average Bonchev–Trinajstić information content (AvgIpc) is 2.67. The highest BCUT2D eigenvalue weighted by atomic mass is 35.5. The minimum atomic E-state index is -0.233. The molecule has 0 saturated heterocycles. The fraction of sp³-hybridized carbons (Fsp3) is 0.182. The van der Waals surface area contributed by atoms with Crippen LogP contribution in [0.4, 0.5) is 0 Å². The van der Waals surface area contributed by atoms with E-state index in [1.807, 2.05) is 61.5 Å². The molecule has 3 aromatic carbocycles. The predicted molar refractivity (Wildman–Crippen MR) is 109 cm³/mol. The van der Waals surface area contributed by atoms with Crippen LogP contribution in [0.2, 0.25) is 5.02 Å². The first-order valence-electron chi connectivity index (χ1n) is 8.81. The average molecular weight is 381 g/mol. The van der Waals surface area contributed by atoms with Gasteiger partial charge in [0.15, 0.2) is 0 Å². The van der Waals surface area contributed by atoms with Gasteiger partial charge in [0.25, 0.3) is 0 Å². The van der Waals surface area contributed by atoms with Gasteiger partial charge >= 0.3 is 0 Å². The number of carbonyl (C=O) groups excluding carboxylic acids is 2. The Morgan fingerprint density at radius 3 is 2.41 bits per heavy atom. The summed E-state index contributed by atoms with van der Waals surface area (Å²) in [6, 6.07) is 21.0. The van der Waals surface area contributed by atoms with Gasteiger partial charge in [-0.2, -0.15) is 0 Å². The molecular weight excluding hydrogens is 360 g/mol. The van der Waals surface area contributed by atoms with E-state index >= 15 is 0 Å². The van der Waals surface area contributed by atoms with Crippen molar-refractivity contribution < 1.29 is 9.59 Å². The third kappa shape index (κ3) is 5.08. The van der Waals surface area contributed by atoms with Gasteiger partial charge < -0.3 is 10.6 Å². The van der Waals surface area contributed by atoms with Crippen molar-refractivity contribution >= 4 is 34.2 Å². The van der Waals surface area contributed by atoms with E-state index in [0.29, 0.717) is 5.02 Å². The standard InChI is InChI=1S/C22H21ClN2O2/c1-15(16-9-11-19(23)12-10-16)25-22(27)14-24-21(26)13-18-7-4-6-17-5-2-3-8-20(17)18/h2-12,15H,13-14H2,1H3,(H,24,26)(H,25,27). The van der Waals surface area contributed by atoms with E-state index in [2.05, 4.69) is 10.6 Å². The molecule has 3 aromatic rings. The Hall–Kier alpha value is -2.85. The van der Waals surface area contributed by atoms with E-state index in [1.54, 1.807) is 12.1 Å². The van der Waals surface area contributed by atoms with Crippen LogP contribution >= 0.6 is 11.6 Å². The summed E-state index contributed by atoms with van der Waals surface area (Å²) in [5, 5.41) is 8.35. The van der Waals surface area contributed by atoms with Crippen LogP contribution in [0.25, 0.3) is 10.8 Å². The van der Waals surface area contributed by atoms with Crippen LogP contribution in [-0.4, -0.2) is 18.4 Å². The number of halogens is 1. The number of fused-ring (bicyclic) bond motifs is 1. The zero-order chi connectivity index (χ0) is 19.2. The van der Waals surface area contributed by atoms with Crippen molar-refractivity contribution in [3.63, 3.8) is 0 Å². The maximum absolute atomic E-state index is 12.2. The topological polar surface area (TPSA) is 58.2 Å². The van der Waals surface area contributed by atoms with Gasteiger partial charge in [0.1, 0.15) is 0 Å². The number of rotatable bonds is 6. The maximum atomic E-state index is 12.2. The van der Waals surface area contributed by atoms with Crippen molar-refractivity contribution in [1.82, 2.24) is 10.6 Å². The van der Waals surface area contributed by atoms with E-state index in [0.717, 1.165) is 21.9 Å². The molecule has 1 atom stereocenters. The molecule has 2 N–H and O–H groups in total. The lowest BCUT2D eigenvalue weighted by molar-refractivity contribution is -0.126. The lowest BCUT2D eigenvalue weighted by Crippen LogP contribution is -2.38. The van der Waals surface area contributed by atoms with Crippen LogP contribution in [0.1, 0.15) is 24.1 Å². The summed E-state index contributed by atoms with van der Waals surface area (Å²) in [5.41, 5.74) is 1.90. The van der Waals surface area contributed by atoms with Gasteiger partial charge in [-0.3, -0.25) is 9.59 Å². The van der Waals surface area contributed by atoms with Crippen LogP contribution in [0.3, 0.4) is 0 Å². The van der Waals surface area contributed by atoms with Gasteiger partial charge in [0.2, 0.25) is 11.8 Å². The van der Waals surface area contributed by atoms with E-state index in [1.165, 1.54) is 0 Å².